The molecule has 3 aromatic rings. The Morgan fingerprint density at radius 1 is 1.13 bits per heavy atom. The van der Waals surface area contributed by atoms with E-state index in [4.69, 9.17) is 0 Å². The number of piperidine rings is 1. The third-order valence-electron chi connectivity index (χ3n) is 7.19. The summed E-state index contributed by atoms with van der Waals surface area (Å²) in [4.78, 5) is 17.4. The highest BCUT2D eigenvalue weighted by atomic mass is 32.2. The van der Waals surface area contributed by atoms with Crippen LogP contribution < -0.4 is 19.8 Å². The Balaban J connectivity index is 1.39. The number of alkyl halides is 1. The first-order valence-electron chi connectivity index (χ1n) is 12.8. The minimum atomic E-state index is -3.24. The van der Waals surface area contributed by atoms with Gasteiger partial charge < -0.3 is 20.2 Å². The van der Waals surface area contributed by atoms with E-state index in [0.29, 0.717) is 43.6 Å². The molecule has 38 heavy (non-hydrogen) atoms. The number of hydrogen-bond acceptors (Lipinski definition) is 9. The van der Waals surface area contributed by atoms with Gasteiger partial charge in [0.1, 0.15) is 11.6 Å². The van der Waals surface area contributed by atoms with E-state index in [1.807, 2.05) is 12.3 Å². The molecular formula is C26H34FN7O3S. The third-order valence-corrected chi connectivity index (χ3v) is 7.95. The minimum Gasteiger partial charge on any atom is -0.390 e. The molecule has 0 unspecified atom stereocenters. The van der Waals surface area contributed by atoms with Gasteiger partial charge in [-0.2, -0.15) is 4.98 Å². The van der Waals surface area contributed by atoms with Crippen molar-refractivity contribution < 1.29 is 17.9 Å². The van der Waals surface area contributed by atoms with Crippen molar-refractivity contribution in [2.75, 3.05) is 47.6 Å². The van der Waals surface area contributed by atoms with Crippen LogP contribution in [0.25, 0.3) is 10.8 Å². The smallest absolute Gasteiger partial charge is 0.227 e. The molecule has 2 atom stereocenters. The molecule has 12 heteroatoms. The third kappa shape index (κ3) is 5.52. The number of pyridine rings is 1. The monoisotopic (exact) mass is 543 g/mol. The number of aliphatic hydroxyl groups excluding tert-OH is 1. The van der Waals surface area contributed by atoms with E-state index >= 15 is 0 Å². The lowest BCUT2D eigenvalue weighted by Crippen LogP contribution is -2.59. The van der Waals surface area contributed by atoms with Crippen LogP contribution in [0.5, 0.6) is 0 Å². The molecule has 0 aliphatic carbocycles. The van der Waals surface area contributed by atoms with Gasteiger partial charge >= 0.3 is 0 Å². The van der Waals surface area contributed by atoms with Crippen molar-refractivity contribution in [3.05, 3.63) is 42.2 Å². The second-order valence-corrected chi connectivity index (χ2v) is 12.6. The molecule has 2 aromatic heterocycles. The lowest BCUT2D eigenvalue weighted by Gasteiger charge is -2.41. The van der Waals surface area contributed by atoms with E-state index < -0.39 is 21.8 Å². The largest absolute Gasteiger partial charge is 0.390 e. The average molecular weight is 544 g/mol. The van der Waals surface area contributed by atoms with Crippen molar-refractivity contribution in [1.29, 1.82) is 0 Å². The second-order valence-electron chi connectivity index (χ2n) is 10.8. The van der Waals surface area contributed by atoms with Crippen LogP contribution in [0.1, 0.15) is 38.7 Å². The number of nitrogens with one attached hydrogen (secondary N) is 2. The molecule has 10 nitrogen and oxygen atoms in total. The van der Waals surface area contributed by atoms with Crippen LogP contribution in [0.15, 0.2) is 36.7 Å². The summed E-state index contributed by atoms with van der Waals surface area (Å²) in [6.07, 6.45) is 3.94. The van der Waals surface area contributed by atoms with Crippen molar-refractivity contribution in [2.24, 2.45) is 0 Å². The van der Waals surface area contributed by atoms with Crippen LogP contribution in [-0.4, -0.2) is 78.7 Å². The van der Waals surface area contributed by atoms with Crippen LogP contribution in [0.2, 0.25) is 0 Å². The van der Waals surface area contributed by atoms with Gasteiger partial charge in [-0.25, -0.2) is 27.5 Å². The number of anilines is 4. The average Bonchev–Trinajstić information content (AvgIpc) is 2.81. The summed E-state index contributed by atoms with van der Waals surface area (Å²) in [5.74, 6) is 1.83. The van der Waals surface area contributed by atoms with Crippen LogP contribution in [0, 0.1) is 0 Å². The number of sulfonamides is 1. The highest BCUT2D eigenvalue weighted by molar-refractivity contribution is 7.88. The van der Waals surface area contributed by atoms with Gasteiger partial charge in [0.05, 0.1) is 24.9 Å². The predicted molar refractivity (Wildman–Crippen MR) is 147 cm³/mol. The number of fused-ring (bicyclic) bond motifs is 1. The maximum absolute atomic E-state index is 14.7. The predicted octanol–water partition coefficient (Wildman–Crippen LogP) is 2.93. The summed E-state index contributed by atoms with van der Waals surface area (Å²) < 4.78 is 40.5. The molecule has 0 saturated carbocycles. The summed E-state index contributed by atoms with van der Waals surface area (Å²) in [5.41, 5.74) is 0.464. The molecule has 0 bridgehead atoms. The fourth-order valence-electron chi connectivity index (χ4n) is 5.16. The minimum absolute atomic E-state index is 0.0173. The number of aromatic nitrogens is 3. The van der Waals surface area contributed by atoms with E-state index in [9.17, 15) is 17.9 Å². The molecule has 2 fully saturated rings. The maximum Gasteiger partial charge on any atom is 0.227 e. The van der Waals surface area contributed by atoms with Crippen molar-refractivity contribution in [2.45, 2.75) is 50.9 Å². The number of rotatable bonds is 7. The molecule has 2 saturated heterocycles. The van der Waals surface area contributed by atoms with Crippen LogP contribution in [0.4, 0.5) is 27.7 Å². The Labute approximate surface area is 222 Å². The van der Waals surface area contributed by atoms with E-state index in [1.165, 1.54) is 18.7 Å². The zero-order chi connectivity index (χ0) is 27.2. The summed E-state index contributed by atoms with van der Waals surface area (Å²) in [6.45, 7) is 7.36. The molecule has 4 heterocycles. The first kappa shape index (κ1) is 26.5. The number of halogens is 1. The van der Waals surface area contributed by atoms with Gasteiger partial charge in [-0.05, 0) is 48.4 Å². The van der Waals surface area contributed by atoms with Gasteiger partial charge in [0.15, 0.2) is 5.67 Å². The number of benzene rings is 1. The van der Waals surface area contributed by atoms with Crippen molar-refractivity contribution in [3.8, 4) is 0 Å². The zero-order valence-electron chi connectivity index (χ0n) is 22.0. The van der Waals surface area contributed by atoms with E-state index in [2.05, 4.69) is 55.9 Å². The summed E-state index contributed by atoms with van der Waals surface area (Å²) in [5, 5.41) is 15.2. The Bertz CT molecular complexity index is 1440. The van der Waals surface area contributed by atoms with Gasteiger partial charge in [-0.15, -0.1) is 0 Å². The SMILES string of the molecule is CC(C)c1ccc(N2CC(NS(C)(=O)=O)C2)c2cnc(Nc3ccnc(N4CC[C@@H](O)[C@@](C)(F)C4)n3)cc12. The molecule has 1 aromatic carbocycles. The summed E-state index contributed by atoms with van der Waals surface area (Å²) in [6, 6.07) is 7.82. The fourth-order valence-corrected chi connectivity index (χ4v) is 5.91. The van der Waals surface area contributed by atoms with Gasteiger partial charge in [-0.3, -0.25) is 0 Å². The fraction of sp³-hybridized carbons (Fsp3) is 0.500. The number of aliphatic hydroxyl groups is 1. The Kier molecular flexibility index (Phi) is 6.91. The van der Waals surface area contributed by atoms with Crippen molar-refractivity contribution in [3.63, 3.8) is 0 Å². The summed E-state index contributed by atoms with van der Waals surface area (Å²) >= 11 is 0. The van der Waals surface area contributed by atoms with Crippen LogP contribution >= 0.6 is 0 Å². The molecule has 2 aliphatic rings. The van der Waals surface area contributed by atoms with E-state index in [0.717, 1.165) is 16.5 Å². The maximum atomic E-state index is 14.7. The summed E-state index contributed by atoms with van der Waals surface area (Å²) in [7, 11) is -3.24. The lowest BCUT2D eigenvalue weighted by molar-refractivity contribution is -0.00860. The van der Waals surface area contributed by atoms with E-state index in [-0.39, 0.29) is 18.5 Å². The molecule has 5 rings (SSSR count). The molecule has 0 spiro atoms. The number of nitrogens with zero attached hydrogens (tertiary/aromatic N) is 5. The van der Waals surface area contributed by atoms with Crippen LogP contribution in [0.3, 0.4) is 0 Å². The normalized spacial score (nSPS) is 22.7. The van der Waals surface area contributed by atoms with Crippen molar-refractivity contribution in [1.82, 2.24) is 19.7 Å². The molecular weight excluding hydrogens is 509 g/mol. The standard InChI is InChI=1S/C26H34FN7O3S/c1-16(2)18-5-6-21(34-13-17(14-34)32-38(4,36)37)20-12-29-24(11-19(18)20)30-23-7-9-28-25(31-23)33-10-8-22(35)26(3,27)15-33/h5-7,9,11-12,16-17,22,32,35H,8,10,13-15H2,1-4H3,(H,28,29,30,31)/t22-,26+/m1/s1. The Morgan fingerprint density at radius 3 is 2.58 bits per heavy atom. The van der Waals surface area contributed by atoms with E-state index in [1.54, 1.807) is 17.2 Å². The zero-order valence-corrected chi connectivity index (χ0v) is 22.8. The quantitative estimate of drug-likeness (QED) is 0.413. The lowest BCUT2D eigenvalue weighted by atomic mass is 9.94. The molecule has 0 amide bonds. The number of hydrogen-bond donors (Lipinski definition) is 3. The first-order valence-corrected chi connectivity index (χ1v) is 14.7. The topological polar surface area (TPSA) is 124 Å². The molecule has 204 valence electrons. The highest BCUT2D eigenvalue weighted by Gasteiger charge is 2.39. The molecule has 0 radical (unpaired) electrons. The van der Waals surface area contributed by atoms with Gasteiger partial charge in [0, 0.05) is 43.1 Å². The highest BCUT2D eigenvalue weighted by Crippen LogP contribution is 2.36. The van der Waals surface area contributed by atoms with Gasteiger partial charge in [-0.1, -0.05) is 19.9 Å². The Morgan fingerprint density at radius 2 is 1.89 bits per heavy atom. The second kappa shape index (κ2) is 9.90. The Hall–Kier alpha value is -3.09. The first-order chi connectivity index (χ1) is 17.9. The van der Waals surface area contributed by atoms with Gasteiger partial charge in [0.25, 0.3) is 0 Å². The van der Waals surface area contributed by atoms with Crippen LogP contribution in [-0.2, 0) is 10.0 Å². The molecule has 3 N–H and O–H groups in total. The van der Waals surface area contributed by atoms with Gasteiger partial charge in [0.2, 0.25) is 16.0 Å². The molecule has 2 aliphatic heterocycles. The van der Waals surface area contributed by atoms with Crippen molar-refractivity contribution >= 4 is 44.1 Å².